The summed E-state index contributed by atoms with van der Waals surface area (Å²) in [6, 6.07) is 18.0. The van der Waals surface area contributed by atoms with E-state index in [1.165, 1.54) is 25.5 Å². The molecule has 0 bridgehead atoms. The Morgan fingerprint density at radius 2 is 1.75 bits per heavy atom. The first-order valence-corrected chi connectivity index (χ1v) is 9.96. The van der Waals surface area contributed by atoms with Crippen LogP contribution in [-0.4, -0.2) is 28.0 Å². The molecule has 8 heteroatoms. The van der Waals surface area contributed by atoms with E-state index in [1.807, 2.05) is 0 Å². The topological polar surface area (TPSA) is 88.8 Å². The minimum atomic E-state index is -3.98. The van der Waals surface area contributed by atoms with Gasteiger partial charge >= 0.3 is 0 Å². The molecule has 0 fully saturated rings. The maximum absolute atomic E-state index is 13.2. The third-order valence-electron chi connectivity index (χ3n) is 4.01. The summed E-state index contributed by atoms with van der Waals surface area (Å²) in [6.07, 6.45) is 1.50. The fourth-order valence-corrected chi connectivity index (χ4v) is 4.09. The van der Waals surface area contributed by atoms with E-state index >= 15 is 0 Å². The molecule has 0 unspecified atom stereocenters. The van der Waals surface area contributed by atoms with Crippen molar-refractivity contribution in [3.8, 4) is 5.75 Å². The van der Waals surface area contributed by atoms with Crippen molar-refractivity contribution in [3.05, 3.63) is 78.8 Å². The van der Waals surface area contributed by atoms with Gasteiger partial charge in [0.1, 0.15) is 18.1 Å². The van der Waals surface area contributed by atoms with Crippen LogP contribution in [0.5, 0.6) is 5.75 Å². The van der Waals surface area contributed by atoms with Crippen LogP contribution in [0.25, 0.3) is 0 Å². The zero-order valence-electron chi connectivity index (χ0n) is 15.2. The molecular formula is C20H20N2O5S. The van der Waals surface area contributed by atoms with Gasteiger partial charge in [0.25, 0.3) is 10.0 Å². The van der Waals surface area contributed by atoms with E-state index in [0.29, 0.717) is 11.5 Å². The van der Waals surface area contributed by atoms with Crippen molar-refractivity contribution in [1.29, 1.82) is 0 Å². The van der Waals surface area contributed by atoms with Gasteiger partial charge in [-0.15, -0.1) is 0 Å². The van der Waals surface area contributed by atoms with Crippen LogP contribution in [0.3, 0.4) is 0 Å². The highest BCUT2D eigenvalue weighted by Gasteiger charge is 2.29. The molecule has 0 spiro atoms. The molecule has 1 heterocycles. The van der Waals surface area contributed by atoms with Crippen molar-refractivity contribution < 1.29 is 22.4 Å². The molecule has 2 aromatic carbocycles. The Kier molecular flexibility index (Phi) is 6.00. The van der Waals surface area contributed by atoms with Crippen LogP contribution in [0.15, 0.2) is 82.3 Å². The Labute approximate surface area is 163 Å². The Morgan fingerprint density at radius 3 is 2.43 bits per heavy atom. The lowest BCUT2D eigenvalue weighted by Gasteiger charge is -2.25. The first-order valence-electron chi connectivity index (χ1n) is 8.52. The summed E-state index contributed by atoms with van der Waals surface area (Å²) in [6.45, 7) is -0.241. The maximum Gasteiger partial charge on any atom is 0.264 e. The predicted octanol–water partition coefficient (Wildman–Crippen LogP) is 2.80. The van der Waals surface area contributed by atoms with Gasteiger partial charge in [-0.2, -0.15) is 0 Å². The molecule has 3 rings (SSSR count). The van der Waals surface area contributed by atoms with E-state index in [1.54, 1.807) is 54.6 Å². The van der Waals surface area contributed by atoms with E-state index < -0.39 is 22.5 Å². The quantitative estimate of drug-likeness (QED) is 0.628. The number of hydrogen-bond donors (Lipinski definition) is 1. The molecule has 0 saturated heterocycles. The summed E-state index contributed by atoms with van der Waals surface area (Å²) in [5.41, 5.74) is 0.280. The Bertz CT molecular complexity index is 1020. The van der Waals surface area contributed by atoms with E-state index in [9.17, 15) is 13.2 Å². The van der Waals surface area contributed by atoms with Gasteiger partial charge in [0.2, 0.25) is 5.91 Å². The number of benzene rings is 2. The Morgan fingerprint density at radius 1 is 1.04 bits per heavy atom. The SMILES string of the molecule is COc1ccccc1N(CC(=O)NCc1ccco1)S(=O)(=O)c1ccccc1. The van der Waals surface area contributed by atoms with E-state index in [2.05, 4.69) is 5.32 Å². The largest absolute Gasteiger partial charge is 0.495 e. The summed E-state index contributed by atoms with van der Waals surface area (Å²) in [5, 5.41) is 2.67. The van der Waals surface area contributed by atoms with Crippen LogP contribution >= 0.6 is 0 Å². The van der Waals surface area contributed by atoms with Gasteiger partial charge in [-0.3, -0.25) is 9.10 Å². The zero-order chi connectivity index (χ0) is 20.0. The molecule has 3 aromatic rings. The fourth-order valence-electron chi connectivity index (χ4n) is 2.64. The monoisotopic (exact) mass is 400 g/mol. The zero-order valence-corrected chi connectivity index (χ0v) is 16.1. The number of para-hydroxylation sites is 2. The summed E-state index contributed by atoms with van der Waals surface area (Å²) in [7, 11) is -2.54. The van der Waals surface area contributed by atoms with Crippen LogP contribution in [0, 0.1) is 0 Å². The van der Waals surface area contributed by atoms with Crippen molar-refractivity contribution in [2.75, 3.05) is 18.0 Å². The normalized spacial score (nSPS) is 11.0. The molecule has 0 radical (unpaired) electrons. The molecule has 7 nitrogen and oxygen atoms in total. The summed E-state index contributed by atoms with van der Waals surface area (Å²) in [4.78, 5) is 12.6. The van der Waals surface area contributed by atoms with Crippen molar-refractivity contribution in [3.63, 3.8) is 0 Å². The number of anilines is 1. The minimum absolute atomic E-state index is 0.0831. The van der Waals surface area contributed by atoms with Gasteiger partial charge in [-0.25, -0.2) is 8.42 Å². The maximum atomic E-state index is 13.2. The van der Waals surface area contributed by atoms with Crippen LogP contribution in [0.1, 0.15) is 5.76 Å². The molecule has 0 aliphatic carbocycles. The molecule has 0 saturated carbocycles. The number of rotatable bonds is 8. The molecule has 0 aliphatic rings. The number of hydrogen-bond acceptors (Lipinski definition) is 5. The van der Waals surface area contributed by atoms with Crippen LogP contribution in [0.4, 0.5) is 5.69 Å². The number of carbonyl (C=O) groups is 1. The van der Waals surface area contributed by atoms with Crippen molar-refractivity contribution in [2.24, 2.45) is 0 Å². The third kappa shape index (κ3) is 4.34. The van der Waals surface area contributed by atoms with Gasteiger partial charge in [0, 0.05) is 0 Å². The second-order valence-corrected chi connectivity index (χ2v) is 7.71. The highest BCUT2D eigenvalue weighted by molar-refractivity contribution is 7.92. The van der Waals surface area contributed by atoms with Gasteiger partial charge in [-0.1, -0.05) is 30.3 Å². The lowest BCUT2D eigenvalue weighted by molar-refractivity contribution is -0.119. The second kappa shape index (κ2) is 8.62. The van der Waals surface area contributed by atoms with E-state index in [-0.39, 0.29) is 17.1 Å². The van der Waals surface area contributed by atoms with Crippen molar-refractivity contribution in [2.45, 2.75) is 11.4 Å². The van der Waals surface area contributed by atoms with Gasteiger partial charge in [0.15, 0.2) is 0 Å². The van der Waals surface area contributed by atoms with E-state index in [0.717, 1.165) is 4.31 Å². The van der Waals surface area contributed by atoms with Crippen LogP contribution in [0.2, 0.25) is 0 Å². The second-order valence-electron chi connectivity index (χ2n) is 5.85. The lowest BCUT2D eigenvalue weighted by Crippen LogP contribution is -2.40. The van der Waals surface area contributed by atoms with Crippen molar-refractivity contribution >= 4 is 21.6 Å². The fraction of sp³-hybridized carbons (Fsp3) is 0.150. The summed E-state index contributed by atoms with van der Waals surface area (Å²) >= 11 is 0. The van der Waals surface area contributed by atoms with E-state index in [4.69, 9.17) is 9.15 Å². The van der Waals surface area contributed by atoms with Gasteiger partial charge < -0.3 is 14.5 Å². The van der Waals surface area contributed by atoms with Crippen LogP contribution < -0.4 is 14.4 Å². The molecule has 1 N–H and O–H groups in total. The number of furan rings is 1. The molecule has 28 heavy (non-hydrogen) atoms. The Hall–Kier alpha value is -3.26. The predicted molar refractivity (Wildman–Crippen MR) is 105 cm³/mol. The highest BCUT2D eigenvalue weighted by atomic mass is 32.2. The smallest absolute Gasteiger partial charge is 0.264 e. The standard InChI is InChI=1S/C20H20N2O5S/c1-26-19-12-6-5-11-18(19)22(28(24,25)17-9-3-2-4-10-17)15-20(23)21-14-16-8-7-13-27-16/h2-13H,14-15H2,1H3,(H,21,23). The lowest BCUT2D eigenvalue weighted by atomic mass is 10.3. The average molecular weight is 400 g/mol. The number of nitrogens with one attached hydrogen (secondary N) is 1. The Balaban J connectivity index is 1.92. The first kappa shape index (κ1) is 19.5. The molecule has 0 atom stereocenters. The number of carbonyl (C=O) groups excluding carboxylic acids is 1. The number of amides is 1. The molecule has 1 amide bonds. The van der Waals surface area contributed by atoms with Gasteiger partial charge in [0.05, 0.1) is 30.5 Å². The third-order valence-corrected chi connectivity index (χ3v) is 5.79. The van der Waals surface area contributed by atoms with Crippen LogP contribution in [-0.2, 0) is 21.4 Å². The first-order chi connectivity index (χ1) is 13.5. The van der Waals surface area contributed by atoms with Crippen molar-refractivity contribution in [1.82, 2.24) is 5.32 Å². The summed E-state index contributed by atoms with van der Waals surface area (Å²) in [5.74, 6) is 0.450. The molecule has 0 aliphatic heterocycles. The number of sulfonamides is 1. The number of methoxy groups -OCH3 is 1. The average Bonchev–Trinajstić information content (AvgIpc) is 3.25. The highest BCUT2D eigenvalue weighted by Crippen LogP contribution is 2.31. The molecule has 146 valence electrons. The minimum Gasteiger partial charge on any atom is -0.495 e. The molecule has 1 aromatic heterocycles. The number of nitrogens with zero attached hydrogens (tertiary/aromatic N) is 1. The van der Waals surface area contributed by atoms with Gasteiger partial charge in [-0.05, 0) is 36.4 Å². The number of ether oxygens (including phenoxy) is 1. The summed E-state index contributed by atoms with van der Waals surface area (Å²) < 4.78 is 38.0. The molecular weight excluding hydrogens is 380 g/mol.